The van der Waals surface area contributed by atoms with E-state index in [4.69, 9.17) is 9.84 Å². The second-order valence-electron chi connectivity index (χ2n) is 10.6. The number of nitrogens with zero attached hydrogens (tertiary/aromatic N) is 1. The van der Waals surface area contributed by atoms with Crippen LogP contribution in [0.15, 0.2) is 36.5 Å². The second kappa shape index (κ2) is 14.7. The number of rotatable bonds is 14. The van der Waals surface area contributed by atoms with Gasteiger partial charge in [0.1, 0.15) is 12.3 Å². The predicted molar refractivity (Wildman–Crippen MR) is 141 cm³/mol. The van der Waals surface area contributed by atoms with Gasteiger partial charge in [-0.3, -0.25) is 4.98 Å². The Morgan fingerprint density at radius 3 is 2.39 bits per heavy atom. The lowest BCUT2D eigenvalue weighted by atomic mass is 9.88. The summed E-state index contributed by atoms with van der Waals surface area (Å²) in [7, 11) is 0. The highest BCUT2D eigenvalue weighted by Gasteiger charge is 2.34. The summed E-state index contributed by atoms with van der Waals surface area (Å²) in [5.74, 6) is -2.95. The summed E-state index contributed by atoms with van der Waals surface area (Å²) in [6, 6.07) is 9.13. The molecular formula is C29H45F2NO4. The monoisotopic (exact) mass is 509 g/mol. The fraction of sp³-hybridized carbons (Fsp3) is 0.621. The SMILES string of the molecule is CCC(CCCCO)C(O)Cc1cc(CCOCC(F)(F)c2ccc(C(C)(C)C)cn2)ccc1C.O. The van der Waals surface area contributed by atoms with E-state index >= 15 is 0 Å². The van der Waals surface area contributed by atoms with E-state index in [0.717, 1.165) is 47.9 Å². The minimum Gasteiger partial charge on any atom is -0.412 e. The molecule has 0 saturated heterocycles. The van der Waals surface area contributed by atoms with E-state index in [1.54, 1.807) is 6.07 Å². The Morgan fingerprint density at radius 1 is 1.08 bits per heavy atom. The molecule has 0 saturated carbocycles. The van der Waals surface area contributed by atoms with Crippen molar-refractivity contribution < 1.29 is 29.2 Å². The van der Waals surface area contributed by atoms with Gasteiger partial charge in [0.15, 0.2) is 0 Å². The quantitative estimate of drug-likeness (QED) is 0.338. The van der Waals surface area contributed by atoms with E-state index in [0.29, 0.717) is 12.8 Å². The molecule has 4 N–H and O–H groups in total. The third-order valence-electron chi connectivity index (χ3n) is 6.72. The van der Waals surface area contributed by atoms with Gasteiger partial charge in [-0.2, -0.15) is 8.78 Å². The summed E-state index contributed by atoms with van der Waals surface area (Å²) in [6.07, 6.45) is 5.60. The van der Waals surface area contributed by atoms with Crippen LogP contribution in [0, 0.1) is 12.8 Å². The Bertz CT molecular complexity index is 897. The van der Waals surface area contributed by atoms with Gasteiger partial charge < -0.3 is 20.4 Å². The topological polar surface area (TPSA) is 94.1 Å². The maximum atomic E-state index is 14.6. The Kier molecular flexibility index (Phi) is 13.1. The van der Waals surface area contributed by atoms with Crippen LogP contribution in [0.3, 0.4) is 0 Å². The third-order valence-corrected chi connectivity index (χ3v) is 6.72. The van der Waals surface area contributed by atoms with E-state index in [1.807, 2.05) is 45.9 Å². The van der Waals surface area contributed by atoms with E-state index in [9.17, 15) is 13.9 Å². The van der Waals surface area contributed by atoms with Gasteiger partial charge in [0.2, 0.25) is 0 Å². The molecule has 2 aromatic rings. The minimum atomic E-state index is -3.15. The molecule has 0 bridgehead atoms. The molecule has 0 aliphatic rings. The normalized spacial score (nSPS) is 13.8. The average Bonchev–Trinajstić information content (AvgIpc) is 2.81. The molecule has 0 aliphatic heterocycles. The maximum Gasteiger partial charge on any atom is 0.312 e. The maximum absolute atomic E-state index is 14.6. The van der Waals surface area contributed by atoms with E-state index in [1.165, 1.54) is 12.3 Å². The number of unbranched alkanes of at least 4 members (excludes halogenated alkanes) is 1. The van der Waals surface area contributed by atoms with Gasteiger partial charge in [0.05, 0.1) is 12.7 Å². The fourth-order valence-electron chi connectivity index (χ4n) is 4.20. The molecule has 0 radical (unpaired) electrons. The van der Waals surface area contributed by atoms with Crippen molar-refractivity contribution >= 4 is 0 Å². The van der Waals surface area contributed by atoms with Gasteiger partial charge in [-0.05, 0) is 72.3 Å². The van der Waals surface area contributed by atoms with E-state index in [2.05, 4.69) is 11.9 Å². The van der Waals surface area contributed by atoms with Gasteiger partial charge in [0, 0.05) is 12.8 Å². The van der Waals surface area contributed by atoms with Crippen molar-refractivity contribution in [2.45, 2.75) is 90.6 Å². The summed E-state index contributed by atoms with van der Waals surface area (Å²) in [5.41, 5.74) is 3.68. The number of aliphatic hydroxyl groups excluding tert-OH is 2. The van der Waals surface area contributed by atoms with Crippen molar-refractivity contribution in [1.82, 2.24) is 4.98 Å². The zero-order chi connectivity index (χ0) is 26.1. The van der Waals surface area contributed by atoms with Crippen molar-refractivity contribution in [2.75, 3.05) is 19.8 Å². The molecule has 7 heteroatoms. The molecule has 1 aromatic heterocycles. The van der Waals surface area contributed by atoms with Gasteiger partial charge >= 0.3 is 5.92 Å². The molecule has 2 atom stereocenters. The van der Waals surface area contributed by atoms with Crippen molar-refractivity contribution in [3.05, 3.63) is 64.5 Å². The molecular weight excluding hydrogens is 464 g/mol. The van der Waals surface area contributed by atoms with Crippen LogP contribution < -0.4 is 0 Å². The van der Waals surface area contributed by atoms with E-state index < -0.39 is 18.6 Å². The van der Waals surface area contributed by atoms with E-state index in [-0.39, 0.29) is 35.7 Å². The first-order chi connectivity index (χ1) is 16.5. The van der Waals surface area contributed by atoms with Crippen molar-refractivity contribution in [3.63, 3.8) is 0 Å². The molecule has 204 valence electrons. The van der Waals surface area contributed by atoms with Crippen LogP contribution in [0.1, 0.15) is 81.3 Å². The molecule has 5 nitrogen and oxygen atoms in total. The van der Waals surface area contributed by atoms with Gasteiger partial charge in [-0.25, -0.2) is 0 Å². The van der Waals surface area contributed by atoms with Crippen molar-refractivity contribution in [3.8, 4) is 0 Å². The molecule has 2 rings (SSSR count). The number of pyridine rings is 1. The van der Waals surface area contributed by atoms with Crippen LogP contribution in [-0.4, -0.2) is 46.6 Å². The van der Waals surface area contributed by atoms with Crippen LogP contribution >= 0.6 is 0 Å². The van der Waals surface area contributed by atoms with Gasteiger partial charge in [0.25, 0.3) is 0 Å². The van der Waals surface area contributed by atoms with Crippen LogP contribution in [0.4, 0.5) is 8.78 Å². The molecule has 2 unspecified atom stereocenters. The molecule has 0 spiro atoms. The number of aromatic nitrogens is 1. The average molecular weight is 510 g/mol. The first kappa shape index (κ1) is 32.1. The summed E-state index contributed by atoms with van der Waals surface area (Å²) >= 11 is 0. The minimum absolute atomic E-state index is 0. The number of hydrogen-bond acceptors (Lipinski definition) is 4. The Morgan fingerprint density at radius 2 is 1.81 bits per heavy atom. The molecule has 0 fully saturated rings. The molecule has 1 aromatic carbocycles. The lowest BCUT2D eigenvalue weighted by Crippen LogP contribution is -2.24. The highest BCUT2D eigenvalue weighted by molar-refractivity contribution is 5.32. The second-order valence-corrected chi connectivity index (χ2v) is 10.6. The number of ether oxygens (including phenoxy) is 1. The first-order valence-electron chi connectivity index (χ1n) is 12.8. The summed E-state index contributed by atoms with van der Waals surface area (Å²) in [6.45, 7) is 9.81. The van der Waals surface area contributed by atoms with Gasteiger partial charge in [-0.15, -0.1) is 0 Å². The highest BCUT2D eigenvalue weighted by Crippen LogP contribution is 2.29. The largest absolute Gasteiger partial charge is 0.412 e. The lowest BCUT2D eigenvalue weighted by Gasteiger charge is -2.23. The molecule has 0 aliphatic carbocycles. The summed E-state index contributed by atoms with van der Waals surface area (Å²) in [5, 5.41) is 19.8. The van der Waals surface area contributed by atoms with Crippen LogP contribution in [0.5, 0.6) is 0 Å². The van der Waals surface area contributed by atoms with Crippen LogP contribution in [0.25, 0.3) is 0 Å². The first-order valence-corrected chi connectivity index (χ1v) is 12.8. The molecule has 36 heavy (non-hydrogen) atoms. The Hall–Kier alpha value is -1.93. The molecule has 0 amide bonds. The number of hydrogen-bond donors (Lipinski definition) is 2. The Labute approximate surface area is 215 Å². The molecule has 1 heterocycles. The highest BCUT2D eigenvalue weighted by atomic mass is 19.3. The number of aryl methyl sites for hydroxylation is 1. The fourth-order valence-corrected chi connectivity index (χ4v) is 4.20. The number of benzene rings is 1. The standard InChI is InChI=1S/C29H43F2NO3.H2O/c1-6-23(9-7-8-15-33)26(34)18-24-17-22(11-10-21(24)2)14-16-35-20-29(30,31)27-13-12-25(19-32-27)28(3,4)5;/h10-13,17,19,23,26,33-34H,6-9,14-16,18,20H2,1-5H3;1H2. The van der Waals surface area contributed by atoms with Crippen LogP contribution in [0.2, 0.25) is 0 Å². The van der Waals surface area contributed by atoms with Crippen LogP contribution in [-0.2, 0) is 28.9 Å². The van der Waals surface area contributed by atoms with Gasteiger partial charge in [-0.1, -0.05) is 64.8 Å². The number of alkyl halides is 2. The summed E-state index contributed by atoms with van der Waals surface area (Å²) < 4.78 is 34.5. The lowest BCUT2D eigenvalue weighted by molar-refractivity contribution is -0.0851. The zero-order valence-corrected chi connectivity index (χ0v) is 22.5. The zero-order valence-electron chi connectivity index (χ0n) is 22.5. The third kappa shape index (κ3) is 9.85. The predicted octanol–water partition coefficient (Wildman–Crippen LogP) is 5.31. The number of aliphatic hydroxyl groups is 2. The van der Waals surface area contributed by atoms with Crippen molar-refractivity contribution in [2.24, 2.45) is 5.92 Å². The van der Waals surface area contributed by atoms with Crippen molar-refractivity contribution in [1.29, 1.82) is 0 Å². The summed E-state index contributed by atoms with van der Waals surface area (Å²) in [4.78, 5) is 3.98. The smallest absolute Gasteiger partial charge is 0.312 e. The number of halogens is 2. The Balaban J connectivity index is 0.00000648.